The van der Waals surface area contributed by atoms with E-state index < -0.39 is 21.1 Å². The Balaban J connectivity index is 1.64. The van der Waals surface area contributed by atoms with Gasteiger partial charge in [0.25, 0.3) is 0 Å². The molecule has 3 aromatic carbocycles. The largest absolute Gasteiger partial charge is 0.480 e. The third kappa shape index (κ3) is 3.79. The number of hydrogen-bond acceptors (Lipinski definition) is 3. The van der Waals surface area contributed by atoms with Crippen LogP contribution in [0.3, 0.4) is 0 Å². The van der Waals surface area contributed by atoms with Crippen LogP contribution in [0.15, 0.2) is 89.8 Å². The Kier molecular flexibility index (Phi) is 4.94. The van der Waals surface area contributed by atoms with E-state index in [9.17, 15) is 18.3 Å². The number of aliphatic carboxylic acids is 1. The highest BCUT2D eigenvalue weighted by Gasteiger charge is 2.34. The molecular weight excluding hydrogens is 386 g/mol. The van der Waals surface area contributed by atoms with Crippen molar-refractivity contribution in [3.8, 4) is 11.1 Å². The molecule has 5 nitrogen and oxygen atoms in total. The molecule has 0 aliphatic carbocycles. The van der Waals surface area contributed by atoms with E-state index in [1.807, 2.05) is 54.6 Å². The number of carbonyl (C=O) groups is 1. The number of H-pyrrole nitrogens is 1. The first kappa shape index (κ1) is 19.0. The van der Waals surface area contributed by atoms with Gasteiger partial charge in [-0.1, -0.05) is 60.7 Å². The number of aromatic amines is 1. The Hall–Kier alpha value is -3.38. The number of nitrogens with one attached hydrogen (secondary N) is 1. The van der Waals surface area contributed by atoms with E-state index in [1.165, 1.54) is 12.1 Å². The third-order valence-electron chi connectivity index (χ3n) is 4.93. The summed E-state index contributed by atoms with van der Waals surface area (Å²) >= 11 is 0. The second kappa shape index (κ2) is 7.56. The van der Waals surface area contributed by atoms with E-state index in [2.05, 4.69) is 4.98 Å². The maximum Gasteiger partial charge on any atom is 0.322 e. The van der Waals surface area contributed by atoms with Gasteiger partial charge in [-0.05, 0) is 40.8 Å². The third-order valence-corrected chi connectivity index (χ3v) is 6.98. The smallest absolute Gasteiger partial charge is 0.322 e. The summed E-state index contributed by atoms with van der Waals surface area (Å²) in [6, 6.07) is 25.2. The average molecular weight is 405 g/mol. The van der Waals surface area contributed by atoms with Gasteiger partial charge < -0.3 is 10.1 Å². The maximum atomic E-state index is 13.0. The fourth-order valence-corrected chi connectivity index (χ4v) is 4.91. The topological polar surface area (TPSA) is 87.2 Å². The number of sulfone groups is 1. The van der Waals surface area contributed by atoms with E-state index >= 15 is 0 Å². The van der Waals surface area contributed by atoms with Crippen molar-refractivity contribution in [1.82, 2.24) is 4.98 Å². The van der Waals surface area contributed by atoms with Gasteiger partial charge in [-0.2, -0.15) is 0 Å². The predicted octanol–water partition coefficient (Wildman–Crippen LogP) is 4.30. The van der Waals surface area contributed by atoms with Crippen molar-refractivity contribution in [1.29, 1.82) is 0 Å². The lowest BCUT2D eigenvalue weighted by atomic mass is 10.1. The molecule has 4 aromatic rings. The number of rotatable bonds is 6. The minimum absolute atomic E-state index is 0.000641. The van der Waals surface area contributed by atoms with E-state index in [1.54, 1.807) is 18.2 Å². The Morgan fingerprint density at radius 2 is 1.48 bits per heavy atom. The van der Waals surface area contributed by atoms with Gasteiger partial charge in [0.05, 0.1) is 4.90 Å². The van der Waals surface area contributed by atoms with Gasteiger partial charge >= 0.3 is 5.97 Å². The molecule has 2 N–H and O–H groups in total. The summed E-state index contributed by atoms with van der Waals surface area (Å²) in [6.45, 7) is 0. The van der Waals surface area contributed by atoms with Crippen LogP contribution < -0.4 is 0 Å². The maximum absolute atomic E-state index is 13.0. The first-order chi connectivity index (χ1) is 13.9. The number of carboxylic acids is 1. The second-order valence-corrected chi connectivity index (χ2v) is 8.98. The number of benzene rings is 3. The normalized spacial score (nSPS) is 12.7. The van der Waals surface area contributed by atoms with Crippen molar-refractivity contribution in [3.63, 3.8) is 0 Å². The van der Waals surface area contributed by atoms with Crippen LogP contribution in [-0.4, -0.2) is 29.7 Å². The number of para-hydroxylation sites is 1. The van der Waals surface area contributed by atoms with Gasteiger partial charge in [0.2, 0.25) is 0 Å². The Bertz CT molecular complexity index is 1230. The van der Waals surface area contributed by atoms with Crippen LogP contribution in [0.2, 0.25) is 0 Å². The van der Waals surface area contributed by atoms with Crippen molar-refractivity contribution >= 4 is 26.7 Å². The number of aromatic nitrogens is 1. The first-order valence-corrected chi connectivity index (χ1v) is 10.7. The molecule has 0 aliphatic rings. The molecule has 4 rings (SSSR count). The Morgan fingerprint density at radius 3 is 2.14 bits per heavy atom. The van der Waals surface area contributed by atoms with Crippen LogP contribution in [0, 0.1) is 0 Å². The molecule has 0 spiro atoms. The van der Waals surface area contributed by atoms with Crippen LogP contribution in [-0.2, 0) is 21.1 Å². The van der Waals surface area contributed by atoms with E-state index in [0.717, 1.165) is 22.0 Å². The highest BCUT2D eigenvalue weighted by atomic mass is 32.2. The molecule has 0 saturated heterocycles. The number of carboxylic acid groups (broad SMARTS) is 1. The fourth-order valence-electron chi connectivity index (χ4n) is 3.40. The van der Waals surface area contributed by atoms with Crippen LogP contribution in [0.5, 0.6) is 0 Å². The van der Waals surface area contributed by atoms with Gasteiger partial charge in [-0.3, -0.25) is 4.79 Å². The molecule has 0 fully saturated rings. The Morgan fingerprint density at radius 1 is 0.862 bits per heavy atom. The highest BCUT2D eigenvalue weighted by Crippen LogP contribution is 2.25. The molecule has 0 aliphatic heterocycles. The number of fused-ring (bicyclic) bond motifs is 1. The molecule has 0 bridgehead atoms. The van der Waals surface area contributed by atoms with Gasteiger partial charge in [0.1, 0.15) is 0 Å². The van der Waals surface area contributed by atoms with Gasteiger partial charge in [-0.15, -0.1) is 0 Å². The average Bonchev–Trinajstić information content (AvgIpc) is 3.15. The van der Waals surface area contributed by atoms with Crippen molar-refractivity contribution in [2.75, 3.05) is 0 Å². The lowest BCUT2D eigenvalue weighted by Gasteiger charge is -2.13. The zero-order valence-electron chi connectivity index (χ0n) is 15.4. The summed E-state index contributed by atoms with van der Waals surface area (Å²) in [5.41, 5.74) is 3.25. The first-order valence-electron chi connectivity index (χ1n) is 9.14. The molecule has 6 heteroatoms. The minimum atomic E-state index is -4.05. The summed E-state index contributed by atoms with van der Waals surface area (Å²) in [4.78, 5) is 14.9. The van der Waals surface area contributed by atoms with E-state index in [4.69, 9.17) is 0 Å². The number of hydrogen-bond donors (Lipinski definition) is 2. The molecular formula is C23H19NO4S. The molecule has 146 valence electrons. The van der Waals surface area contributed by atoms with Crippen LogP contribution >= 0.6 is 0 Å². The van der Waals surface area contributed by atoms with Gasteiger partial charge in [0, 0.05) is 17.6 Å². The zero-order chi connectivity index (χ0) is 20.4. The quantitative estimate of drug-likeness (QED) is 0.501. The summed E-state index contributed by atoms with van der Waals surface area (Å²) in [6.07, 6.45) is -0.132. The molecule has 0 amide bonds. The molecule has 0 radical (unpaired) electrons. The molecule has 29 heavy (non-hydrogen) atoms. The lowest BCUT2D eigenvalue weighted by molar-refractivity contribution is -0.136. The standard InChI is InChI=1S/C23H19NO4S/c25-23(26)22(15-19-14-18-8-4-5-9-21(18)24-19)29(27,28)20-12-10-17(11-13-20)16-6-2-1-3-7-16/h1-14,22,24H,15H2,(H,25,26)/t22-/m1/s1. The van der Waals surface area contributed by atoms with Crippen molar-refractivity contribution in [3.05, 3.63) is 90.6 Å². The predicted molar refractivity (Wildman–Crippen MR) is 112 cm³/mol. The summed E-state index contributed by atoms with van der Waals surface area (Å²) in [7, 11) is -4.05. The van der Waals surface area contributed by atoms with Crippen LogP contribution in [0.1, 0.15) is 5.69 Å². The molecule has 0 saturated carbocycles. The van der Waals surface area contributed by atoms with Gasteiger partial charge in [-0.25, -0.2) is 8.42 Å². The summed E-state index contributed by atoms with van der Waals surface area (Å²) in [5, 5.41) is 8.99. The molecule has 1 heterocycles. The van der Waals surface area contributed by atoms with E-state index in [0.29, 0.717) is 5.69 Å². The van der Waals surface area contributed by atoms with Gasteiger partial charge in [0.15, 0.2) is 15.1 Å². The van der Waals surface area contributed by atoms with Crippen molar-refractivity contribution in [2.45, 2.75) is 16.6 Å². The van der Waals surface area contributed by atoms with Crippen LogP contribution in [0.25, 0.3) is 22.0 Å². The second-order valence-electron chi connectivity index (χ2n) is 6.85. The van der Waals surface area contributed by atoms with Crippen molar-refractivity contribution in [2.24, 2.45) is 0 Å². The molecule has 1 atom stereocenters. The minimum Gasteiger partial charge on any atom is -0.480 e. The Labute approximate surface area is 168 Å². The zero-order valence-corrected chi connectivity index (χ0v) is 16.3. The summed E-state index contributed by atoms with van der Waals surface area (Å²) < 4.78 is 26.1. The lowest BCUT2D eigenvalue weighted by Crippen LogP contribution is -2.32. The molecule has 0 unspecified atom stereocenters. The van der Waals surface area contributed by atoms with E-state index in [-0.39, 0.29) is 11.3 Å². The van der Waals surface area contributed by atoms with Crippen molar-refractivity contribution < 1.29 is 18.3 Å². The molecule has 1 aromatic heterocycles. The van der Waals surface area contributed by atoms with Crippen LogP contribution in [0.4, 0.5) is 0 Å². The summed E-state index contributed by atoms with van der Waals surface area (Å²) in [5.74, 6) is -1.37. The highest BCUT2D eigenvalue weighted by molar-refractivity contribution is 7.92. The SMILES string of the molecule is O=C(O)[C@@H](Cc1cc2ccccc2[nH]1)S(=O)(=O)c1ccc(-c2ccccc2)cc1. The monoisotopic (exact) mass is 405 g/mol. The fraction of sp³-hybridized carbons (Fsp3) is 0.0870.